The summed E-state index contributed by atoms with van der Waals surface area (Å²) >= 11 is 1.48. The van der Waals surface area contributed by atoms with Crippen LogP contribution in [0.1, 0.15) is 16.0 Å². The van der Waals surface area contributed by atoms with Crippen molar-refractivity contribution in [1.82, 2.24) is 0 Å². The van der Waals surface area contributed by atoms with E-state index in [1.807, 2.05) is 6.07 Å². The number of rotatable bonds is 5. The van der Waals surface area contributed by atoms with Gasteiger partial charge in [-0.3, -0.25) is 0 Å². The molecule has 0 amide bonds. The second kappa shape index (κ2) is 7.44. The van der Waals surface area contributed by atoms with Gasteiger partial charge in [0.25, 0.3) is 0 Å². The maximum atomic E-state index is 8.72. The topological polar surface area (TPSA) is 77.1 Å². The lowest BCUT2D eigenvalue weighted by Crippen LogP contribution is -2.10. The Balaban J connectivity index is 0.00000200. The lowest BCUT2D eigenvalue weighted by Gasteiger charge is -2.08. The Labute approximate surface area is 127 Å². The minimum atomic E-state index is 0. The van der Waals surface area contributed by atoms with Crippen LogP contribution in [0.2, 0.25) is 0 Å². The van der Waals surface area contributed by atoms with E-state index in [0.29, 0.717) is 13.2 Å². The number of nitrogens with zero attached hydrogens (tertiary/aromatic N) is 1. The second-order valence-corrected chi connectivity index (χ2v) is 5.20. The van der Waals surface area contributed by atoms with Gasteiger partial charge in [-0.1, -0.05) is 5.16 Å². The Morgan fingerprint density at radius 3 is 2.35 bits per heavy atom. The number of methoxy groups -OCH3 is 2. The van der Waals surface area contributed by atoms with E-state index in [-0.39, 0.29) is 18.2 Å². The van der Waals surface area contributed by atoms with Gasteiger partial charge in [0.05, 0.1) is 18.1 Å². The fourth-order valence-corrected chi connectivity index (χ4v) is 2.94. The number of oxime groups is 1. The maximum absolute atomic E-state index is 8.72. The highest BCUT2D eigenvalue weighted by Gasteiger charge is 2.10. The maximum Gasteiger partial charge on any atom is 0.180 e. The number of nitrogens with two attached hydrogens (primary N) is 1. The summed E-state index contributed by atoms with van der Waals surface area (Å²) in [5.41, 5.74) is 7.78. The monoisotopic (exact) mass is 316 g/mol. The Kier molecular flexibility index (Phi) is 6.22. The molecule has 20 heavy (non-hydrogen) atoms. The molecule has 0 aliphatic carbocycles. The summed E-state index contributed by atoms with van der Waals surface area (Å²) in [6.07, 6.45) is 0. The van der Waals surface area contributed by atoms with Gasteiger partial charge >= 0.3 is 0 Å². The van der Waals surface area contributed by atoms with Gasteiger partial charge in [-0.25, -0.2) is 0 Å². The van der Waals surface area contributed by atoms with Crippen LogP contribution in [-0.4, -0.2) is 25.3 Å². The highest BCUT2D eigenvalue weighted by Crippen LogP contribution is 2.29. The molecule has 2 aromatic rings. The summed E-state index contributed by atoms with van der Waals surface area (Å²) in [4.78, 5) is 0.746. The van der Waals surface area contributed by atoms with Crippen LogP contribution in [0, 0.1) is 0 Å². The Bertz CT molecular complexity index is 570. The molecular formula is C13H17ClN2O3S. The third-order valence-corrected chi connectivity index (χ3v) is 3.92. The normalized spacial score (nSPS) is 11.6. The molecule has 0 bridgehead atoms. The first-order valence-electron chi connectivity index (χ1n) is 5.70. The molecule has 5 nitrogen and oxygen atoms in total. The summed E-state index contributed by atoms with van der Waals surface area (Å²) in [5, 5.41) is 12.8. The Morgan fingerprint density at radius 2 is 1.80 bits per heavy atom. The number of halogens is 1. The van der Waals surface area contributed by atoms with Gasteiger partial charge in [-0.2, -0.15) is 0 Å². The molecule has 0 fully saturated rings. The van der Waals surface area contributed by atoms with E-state index < -0.39 is 0 Å². The molecule has 3 N–H and O–H groups in total. The molecule has 1 aromatic carbocycles. The van der Waals surface area contributed by atoms with Gasteiger partial charge in [0, 0.05) is 18.9 Å². The summed E-state index contributed by atoms with van der Waals surface area (Å²) in [6.45, 7) is 1.06. The van der Waals surface area contributed by atoms with Crippen molar-refractivity contribution in [3.63, 3.8) is 0 Å². The van der Waals surface area contributed by atoms with Crippen molar-refractivity contribution < 1.29 is 14.7 Å². The van der Waals surface area contributed by atoms with E-state index in [0.717, 1.165) is 26.1 Å². The number of amidine groups is 1. The minimum Gasteiger partial charge on any atom is -0.409 e. The first kappa shape index (κ1) is 16.7. The molecular weight excluding hydrogens is 300 g/mol. The zero-order valence-corrected chi connectivity index (χ0v) is 12.9. The van der Waals surface area contributed by atoms with Gasteiger partial charge in [0.15, 0.2) is 5.84 Å². The number of thiophene rings is 1. The summed E-state index contributed by atoms with van der Waals surface area (Å²) in [6, 6.07) is 6.02. The second-order valence-electron chi connectivity index (χ2n) is 4.12. The fourth-order valence-electron chi connectivity index (χ4n) is 1.93. The molecule has 0 aliphatic heterocycles. The zero-order chi connectivity index (χ0) is 13.8. The van der Waals surface area contributed by atoms with Crippen LogP contribution in [0.15, 0.2) is 23.4 Å². The van der Waals surface area contributed by atoms with E-state index in [2.05, 4.69) is 17.3 Å². The fraction of sp³-hybridized carbons (Fsp3) is 0.308. The smallest absolute Gasteiger partial charge is 0.180 e. The van der Waals surface area contributed by atoms with Crippen molar-refractivity contribution in [2.24, 2.45) is 10.9 Å². The van der Waals surface area contributed by atoms with Gasteiger partial charge in [0.2, 0.25) is 0 Å². The highest BCUT2D eigenvalue weighted by molar-refractivity contribution is 7.20. The molecule has 0 saturated carbocycles. The summed E-state index contributed by atoms with van der Waals surface area (Å²) in [5.74, 6) is 0.128. The number of benzene rings is 1. The molecule has 0 aliphatic rings. The molecule has 0 spiro atoms. The van der Waals surface area contributed by atoms with Crippen molar-refractivity contribution in [1.29, 1.82) is 0 Å². The van der Waals surface area contributed by atoms with Gasteiger partial charge < -0.3 is 20.4 Å². The molecule has 0 radical (unpaired) electrons. The number of ether oxygens (including phenoxy) is 2. The van der Waals surface area contributed by atoms with E-state index >= 15 is 0 Å². The average molecular weight is 317 g/mol. The largest absolute Gasteiger partial charge is 0.409 e. The predicted molar refractivity (Wildman–Crippen MR) is 83.0 cm³/mol. The first-order valence-corrected chi connectivity index (χ1v) is 6.52. The number of hydrogen-bond acceptors (Lipinski definition) is 5. The highest BCUT2D eigenvalue weighted by atomic mass is 35.5. The van der Waals surface area contributed by atoms with Crippen molar-refractivity contribution in [3.05, 3.63) is 34.2 Å². The first-order chi connectivity index (χ1) is 9.19. The van der Waals surface area contributed by atoms with Crippen LogP contribution in [0.4, 0.5) is 0 Å². The molecule has 110 valence electrons. The van der Waals surface area contributed by atoms with Crippen LogP contribution in [-0.2, 0) is 22.7 Å². The van der Waals surface area contributed by atoms with Crippen LogP contribution in [0.3, 0.4) is 0 Å². The third kappa shape index (κ3) is 3.40. The molecule has 2 rings (SSSR count). The zero-order valence-electron chi connectivity index (χ0n) is 11.3. The van der Waals surface area contributed by atoms with E-state index in [9.17, 15) is 0 Å². The molecule has 7 heteroatoms. The van der Waals surface area contributed by atoms with Gasteiger partial charge in [0.1, 0.15) is 0 Å². The van der Waals surface area contributed by atoms with Crippen molar-refractivity contribution in [3.8, 4) is 0 Å². The van der Waals surface area contributed by atoms with E-state index in [4.69, 9.17) is 20.4 Å². The SMILES string of the molecule is COCc1cc2cc(C(N)=NO)sc2cc1COC.Cl. The average Bonchev–Trinajstić information content (AvgIpc) is 2.81. The molecule has 0 unspecified atom stereocenters. The Morgan fingerprint density at radius 1 is 1.20 bits per heavy atom. The minimum absolute atomic E-state index is 0. The Hall–Kier alpha value is -1.34. The predicted octanol–water partition coefficient (Wildman–Crippen LogP) is 2.71. The summed E-state index contributed by atoms with van der Waals surface area (Å²) in [7, 11) is 3.33. The summed E-state index contributed by atoms with van der Waals surface area (Å²) < 4.78 is 11.5. The third-order valence-electron chi connectivity index (χ3n) is 2.80. The standard InChI is InChI=1S/C13H16N2O3S.ClH/c1-17-6-9-3-8-4-12(13(14)15-16)19-11(8)5-10(9)7-18-2;/h3-5,16H,6-7H2,1-2H3,(H2,14,15);1H. The van der Waals surface area contributed by atoms with Crippen molar-refractivity contribution in [2.75, 3.05) is 14.2 Å². The van der Waals surface area contributed by atoms with Gasteiger partial charge in [-0.05, 0) is 34.7 Å². The van der Waals surface area contributed by atoms with E-state index in [1.54, 1.807) is 14.2 Å². The lowest BCUT2D eigenvalue weighted by atomic mass is 10.1. The van der Waals surface area contributed by atoms with Crippen LogP contribution >= 0.6 is 23.7 Å². The lowest BCUT2D eigenvalue weighted by molar-refractivity contribution is 0.168. The van der Waals surface area contributed by atoms with Crippen molar-refractivity contribution >= 4 is 39.7 Å². The van der Waals surface area contributed by atoms with Crippen LogP contribution in [0.25, 0.3) is 10.1 Å². The molecule has 1 heterocycles. The van der Waals surface area contributed by atoms with Gasteiger partial charge in [-0.15, -0.1) is 23.7 Å². The number of hydrogen-bond donors (Lipinski definition) is 2. The van der Waals surface area contributed by atoms with Crippen LogP contribution < -0.4 is 5.73 Å². The molecule has 0 atom stereocenters. The van der Waals surface area contributed by atoms with Crippen molar-refractivity contribution in [2.45, 2.75) is 13.2 Å². The molecule has 0 saturated heterocycles. The number of fused-ring (bicyclic) bond motifs is 1. The quantitative estimate of drug-likeness (QED) is 0.385. The van der Waals surface area contributed by atoms with E-state index in [1.165, 1.54) is 11.3 Å². The van der Waals surface area contributed by atoms with Crippen LogP contribution in [0.5, 0.6) is 0 Å². The molecule has 1 aromatic heterocycles.